The molecule has 1 amide bonds. The average Bonchev–Trinajstić information content (AvgIpc) is 2.41. The maximum Gasteiger partial charge on any atom is 0.272 e. The van der Waals surface area contributed by atoms with Crippen molar-refractivity contribution in [2.75, 3.05) is 11.1 Å². The van der Waals surface area contributed by atoms with Crippen LogP contribution in [0.4, 0.5) is 21.5 Å². The molecule has 0 aliphatic rings. The Bertz CT molecular complexity index is 731. The molecule has 3 N–H and O–H groups in total. The van der Waals surface area contributed by atoms with Crippen LogP contribution >= 0.6 is 0 Å². The van der Waals surface area contributed by atoms with Crippen molar-refractivity contribution in [2.24, 2.45) is 0 Å². The Morgan fingerprint density at radius 3 is 2.62 bits per heavy atom. The van der Waals surface area contributed by atoms with Crippen LogP contribution in [-0.2, 0) is 0 Å². The third-order valence-corrected chi connectivity index (χ3v) is 2.91. The second-order valence-corrected chi connectivity index (χ2v) is 4.44. The lowest BCUT2D eigenvalue weighted by Gasteiger charge is -2.08. The number of aryl methyl sites for hydroxylation is 1. The standard InChI is InChI=1S/C14H12FN3O3/c1-8-6-10(3-5-13(8)18(20)21)17-14(19)11-7-9(15)2-4-12(11)16/h2-7H,16H2,1H3,(H,17,19). The first kappa shape index (κ1) is 14.4. The van der Waals surface area contributed by atoms with E-state index in [4.69, 9.17) is 5.73 Å². The number of nitrogens with one attached hydrogen (secondary N) is 1. The van der Waals surface area contributed by atoms with Crippen LogP contribution in [0.5, 0.6) is 0 Å². The fourth-order valence-corrected chi connectivity index (χ4v) is 1.86. The molecule has 0 saturated heterocycles. The van der Waals surface area contributed by atoms with Crippen molar-refractivity contribution in [3.8, 4) is 0 Å². The Balaban J connectivity index is 2.26. The molecule has 21 heavy (non-hydrogen) atoms. The summed E-state index contributed by atoms with van der Waals surface area (Å²) in [5.74, 6) is -1.16. The highest BCUT2D eigenvalue weighted by Crippen LogP contribution is 2.22. The first-order valence-electron chi connectivity index (χ1n) is 6.00. The van der Waals surface area contributed by atoms with Gasteiger partial charge in [0.25, 0.3) is 11.6 Å². The van der Waals surface area contributed by atoms with Crippen molar-refractivity contribution in [3.05, 3.63) is 63.5 Å². The van der Waals surface area contributed by atoms with Crippen molar-refractivity contribution in [2.45, 2.75) is 6.92 Å². The van der Waals surface area contributed by atoms with Gasteiger partial charge in [0, 0.05) is 23.0 Å². The molecule has 0 fully saturated rings. The largest absolute Gasteiger partial charge is 0.398 e. The molecule has 0 atom stereocenters. The molecule has 0 radical (unpaired) electrons. The molecule has 0 aliphatic carbocycles. The molecule has 2 aromatic rings. The monoisotopic (exact) mass is 289 g/mol. The molecule has 0 spiro atoms. The summed E-state index contributed by atoms with van der Waals surface area (Å²) < 4.78 is 13.1. The summed E-state index contributed by atoms with van der Waals surface area (Å²) in [6.07, 6.45) is 0. The first-order chi connectivity index (χ1) is 9.88. The van der Waals surface area contributed by atoms with E-state index in [0.29, 0.717) is 11.3 Å². The van der Waals surface area contributed by atoms with E-state index >= 15 is 0 Å². The quantitative estimate of drug-likeness (QED) is 0.515. The number of anilines is 2. The van der Waals surface area contributed by atoms with Crippen LogP contribution < -0.4 is 11.1 Å². The molecular weight excluding hydrogens is 277 g/mol. The zero-order chi connectivity index (χ0) is 15.6. The van der Waals surface area contributed by atoms with E-state index in [-0.39, 0.29) is 16.9 Å². The van der Waals surface area contributed by atoms with Gasteiger partial charge in [0.1, 0.15) is 5.82 Å². The van der Waals surface area contributed by atoms with Gasteiger partial charge in [-0.2, -0.15) is 0 Å². The predicted octanol–water partition coefficient (Wildman–Crippen LogP) is 2.88. The Kier molecular flexibility index (Phi) is 3.84. The van der Waals surface area contributed by atoms with E-state index in [0.717, 1.165) is 12.1 Å². The molecule has 0 bridgehead atoms. The number of carbonyl (C=O) groups excluding carboxylic acids is 1. The predicted molar refractivity (Wildman–Crippen MR) is 76.6 cm³/mol. The summed E-state index contributed by atoms with van der Waals surface area (Å²) in [6.45, 7) is 1.56. The van der Waals surface area contributed by atoms with Crippen LogP contribution in [0.2, 0.25) is 0 Å². The average molecular weight is 289 g/mol. The van der Waals surface area contributed by atoms with Crippen molar-refractivity contribution < 1.29 is 14.1 Å². The lowest BCUT2D eigenvalue weighted by Crippen LogP contribution is -2.14. The van der Waals surface area contributed by atoms with E-state index in [1.54, 1.807) is 6.92 Å². The number of halogens is 1. The van der Waals surface area contributed by atoms with Gasteiger partial charge in [0.2, 0.25) is 0 Å². The topological polar surface area (TPSA) is 98.3 Å². The number of rotatable bonds is 3. The minimum absolute atomic E-state index is 0.00556. The first-order valence-corrected chi connectivity index (χ1v) is 6.00. The molecule has 6 nitrogen and oxygen atoms in total. The highest BCUT2D eigenvalue weighted by molar-refractivity contribution is 6.07. The number of nitro groups is 1. The van der Waals surface area contributed by atoms with Crippen molar-refractivity contribution in [3.63, 3.8) is 0 Å². The molecular formula is C14H12FN3O3. The van der Waals surface area contributed by atoms with Gasteiger partial charge in [0.15, 0.2) is 0 Å². The fraction of sp³-hybridized carbons (Fsp3) is 0.0714. The third-order valence-electron chi connectivity index (χ3n) is 2.91. The number of hydrogen-bond acceptors (Lipinski definition) is 4. The van der Waals surface area contributed by atoms with Crippen molar-refractivity contribution >= 4 is 23.0 Å². The van der Waals surface area contributed by atoms with Gasteiger partial charge in [-0.15, -0.1) is 0 Å². The summed E-state index contributed by atoms with van der Waals surface area (Å²) in [5.41, 5.74) is 6.50. The maximum atomic E-state index is 13.1. The normalized spacial score (nSPS) is 10.2. The second-order valence-electron chi connectivity index (χ2n) is 4.44. The molecule has 0 unspecified atom stereocenters. The molecule has 7 heteroatoms. The van der Waals surface area contributed by atoms with Gasteiger partial charge in [-0.05, 0) is 37.3 Å². The van der Waals surface area contributed by atoms with Crippen molar-refractivity contribution in [1.82, 2.24) is 0 Å². The molecule has 0 saturated carbocycles. The fourth-order valence-electron chi connectivity index (χ4n) is 1.86. The van der Waals surface area contributed by atoms with Gasteiger partial charge in [0.05, 0.1) is 10.5 Å². The highest BCUT2D eigenvalue weighted by atomic mass is 19.1. The summed E-state index contributed by atoms with van der Waals surface area (Å²) in [7, 11) is 0. The van der Waals surface area contributed by atoms with Crippen LogP contribution in [0.3, 0.4) is 0 Å². The summed E-state index contributed by atoms with van der Waals surface area (Å²) in [5, 5.41) is 13.2. The summed E-state index contributed by atoms with van der Waals surface area (Å²) >= 11 is 0. The Labute approximate surface area is 119 Å². The molecule has 0 aromatic heterocycles. The van der Waals surface area contributed by atoms with E-state index in [9.17, 15) is 19.3 Å². The Morgan fingerprint density at radius 1 is 1.29 bits per heavy atom. The zero-order valence-corrected chi connectivity index (χ0v) is 11.1. The van der Waals surface area contributed by atoms with E-state index in [1.165, 1.54) is 24.3 Å². The number of amides is 1. The Morgan fingerprint density at radius 2 is 2.00 bits per heavy atom. The third kappa shape index (κ3) is 3.14. The van der Waals surface area contributed by atoms with Crippen molar-refractivity contribution in [1.29, 1.82) is 0 Å². The van der Waals surface area contributed by atoms with Crippen LogP contribution in [0.1, 0.15) is 15.9 Å². The number of carbonyl (C=O) groups is 1. The number of hydrogen-bond donors (Lipinski definition) is 2. The summed E-state index contributed by atoms with van der Waals surface area (Å²) in [4.78, 5) is 22.2. The van der Waals surface area contributed by atoms with Crippen LogP contribution in [0.15, 0.2) is 36.4 Å². The lowest BCUT2D eigenvalue weighted by molar-refractivity contribution is -0.385. The van der Waals surface area contributed by atoms with Gasteiger partial charge in [-0.1, -0.05) is 0 Å². The smallest absolute Gasteiger partial charge is 0.272 e. The second kappa shape index (κ2) is 5.58. The minimum Gasteiger partial charge on any atom is -0.398 e. The number of benzene rings is 2. The van der Waals surface area contributed by atoms with E-state index < -0.39 is 16.6 Å². The molecule has 0 aliphatic heterocycles. The van der Waals surface area contributed by atoms with Gasteiger partial charge >= 0.3 is 0 Å². The number of nitrogens with zero attached hydrogens (tertiary/aromatic N) is 1. The van der Waals surface area contributed by atoms with E-state index in [2.05, 4.69) is 5.32 Å². The van der Waals surface area contributed by atoms with Gasteiger partial charge < -0.3 is 11.1 Å². The molecule has 108 valence electrons. The number of nitro benzene ring substituents is 1. The lowest BCUT2D eigenvalue weighted by atomic mass is 10.1. The molecule has 0 heterocycles. The van der Waals surface area contributed by atoms with Crippen LogP contribution in [-0.4, -0.2) is 10.8 Å². The minimum atomic E-state index is -0.583. The summed E-state index contributed by atoms with van der Waals surface area (Å²) in [6, 6.07) is 7.64. The molecule has 2 aromatic carbocycles. The zero-order valence-electron chi connectivity index (χ0n) is 11.1. The van der Waals surface area contributed by atoms with Crippen LogP contribution in [0, 0.1) is 22.9 Å². The van der Waals surface area contributed by atoms with Crippen LogP contribution in [0.25, 0.3) is 0 Å². The van der Waals surface area contributed by atoms with Gasteiger partial charge in [-0.25, -0.2) is 4.39 Å². The SMILES string of the molecule is Cc1cc(NC(=O)c2cc(F)ccc2N)ccc1[N+](=O)[O-]. The number of nitrogen functional groups attached to an aromatic ring is 1. The molecule has 2 rings (SSSR count). The van der Waals surface area contributed by atoms with E-state index in [1.807, 2.05) is 0 Å². The number of nitrogens with two attached hydrogens (primary N) is 1. The van der Waals surface area contributed by atoms with Gasteiger partial charge in [-0.3, -0.25) is 14.9 Å². The maximum absolute atomic E-state index is 13.1. The highest BCUT2D eigenvalue weighted by Gasteiger charge is 2.14. The Hall–Kier alpha value is -2.96.